The number of imide groups is 1. The molecular formula is C22H25FN4O2. The van der Waals surface area contributed by atoms with Crippen LogP contribution in [0.3, 0.4) is 0 Å². The van der Waals surface area contributed by atoms with E-state index in [4.69, 9.17) is 0 Å². The fourth-order valence-electron chi connectivity index (χ4n) is 3.92. The van der Waals surface area contributed by atoms with Gasteiger partial charge in [-0.2, -0.15) is 0 Å². The third-order valence-electron chi connectivity index (χ3n) is 5.46. The highest BCUT2D eigenvalue weighted by Crippen LogP contribution is 2.28. The van der Waals surface area contributed by atoms with Gasteiger partial charge >= 0.3 is 6.03 Å². The molecule has 2 saturated heterocycles. The maximum Gasteiger partial charge on any atom is 0.328 e. The average Bonchev–Trinajstić information content (AvgIpc) is 2.74. The van der Waals surface area contributed by atoms with Gasteiger partial charge in [0.1, 0.15) is 5.82 Å². The molecule has 6 nitrogen and oxygen atoms in total. The minimum Gasteiger partial charge on any atom is -0.381 e. The van der Waals surface area contributed by atoms with Crippen molar-refractivity contribution in [1.29, 1.82) is 0 Å². The molecule has 0 atom stereocenters. The smallest absolute Gasteiger partial charge is 0.328 e. The molecule has 2 fully saturated rings. The Morgan fingerprint density at radius 3 is 2.55 bits per heavy atom. The summed E-state index contributed by atoms with van der Waals surface area (Å²) in [6.07, 6.45) is 3.87. The molecule has 0 aliphatic carbocycles. The van der Waals surface area contributed by atoms with Gasteiger partial charge in [-0.15, -0.1) is 0 Å². The largest absolute Gasteiger partial charge is 0.381 e. The van der Waals surface area contributed by atoms with Crippen molar-refractivity contribution in [3.8, 4) is 0 Å². The summed E-state index contributed by atoms with van der Waals surface area (Å²) < 4.78 is 14.4. The maximum atomic E-state index is 14.4. The number of urea groups is 1. The third-order valence-corrected chi connectivity index (χ3v) is 5.46. The molecule has 29 heavy (non-hydrogen) atoms. The molecule has 2 aliphatic heterocycles. The Hall–Kier alpha value is -3.09. The average molecular weight is 396 g/mol. The second-order valence-electron chi connectivity index (χ2n) is 7.45. The summed E-state index contributed by atoms with van der Waals surface area (Å²) in [5, 5.41) is 5.58. The number of hydrogen-bond donors (Lipinski definition) is 2. The van der Waals surface area contributed by atoms with E-state index in [-0.39, 0.29) is 24.6 Å². The van der Waals surface area contributed by atoms with E-state index >= 15 is 0 Å². The zero-order chi connectivity index (χ0) is 20.2. The van der Waals surface area contributed by atoms with E-state index in [0.29, 0.717) is 6.54 Å². The van der Waals surface area contributed by atoms with Gasteiger partial charge in [0.25, 0.3) is 0 Å². The number of nitrogens with zero attached hydrogens (tertiary/aromatic N) is 2. The lowest BCUT2D eigenvalue weighted by Crippen LogP contribution is -2.49. The molecule has 152 valence electrons. The fraction of sp³-hybridized carbons (Fsp3) is 0.364. The number of piperidine rings is 1. The number of amides is 3. The lowest BCUT2D eigenvalue weighted by atomic mass is 10.1. The van der Waals surface area contributed by atoms with Crippen molar-refractivity contribution in [1.82, 2.24) is 5.32 Å². The summed E-state index contributed by atoms with van der Waals surface area (Å²) in [6, 6.07) is 12.4. The van der Waals surface area contributed by atoms with Crippen LogP contribution >= 0.6 is 0 Å². The maximum absolute atomic E-state index is 14.4. The van der Waals surface area contributed by atoms with E-state index in [1.807, 2.05) is 6.07 Å². The lowest BCUT2D eigenvalue weighted by molar-refractivity contribution is -0.120. The number of nitrogens with one attached hydrogen (secondary N) is 2. The molecule has 2 heterocycles. The summed E-state index contributed by atoms with van der Waals surface area (Å²) in [5.41, 5.74) is 3.31. The van der Waals surface area contributed by atoms with Crippen LogP contribution in [-0.4, -0.2) is 31.6 Å². The highest BCUT2D eigenvalue weighted by Gasteiger charge is 2.26. The van der Waals surface area contributed by atoms with Crippen molar-refractivity contribution in [3.63, 3.8) is 0 Å². The first-order chi connectivity index (χ1) is 14.1. The van der Waals surface area contributed by atoms with Crippen molar-refractivity contribution in [2.75, 3.05) is 34.8 Å². The second kappa shape index (κ2) is 8.51. The van der Waals surface area contributed by atoms with Crippen LogP contribution in [0.15, 0.2) is 42.5 Å². The zero-order valence-corrected chi connectivity index (χ0v) is 16.3. The molecule has 0 aromatic heterocycles. The molecule has 4 rings (SSSR count). The normalized spacial score (nSPS) is 17.3. The predicted octanol–water partition coefficient (Wildman–Crippen LogP) is 3.87. The molecular weight excluding hydrogens is 371 g/mol. The van der Waals surface area contributed by atoms with Gasteiger partial charge in [-0.25, -0.2) is 9.18 Å². The summed E-state index contributed by atoms with van der Waals surface area (Å²) >= 11 is 0. The lowest BCUT2D eigenvalue weighted by Gasteiger charge is -2.31. The monoisotopic (exact) mass is 396 g/mol. The predicted molar refractivity (Wildman–Crippen MR) is 112 cm³/mol. The molecule has 7 heteroatoms. The van der Waals surface area contributed by atoms with Gasteiger partial charge in [0.15, 0.2) is 0 Å². The first-order valence-corrected chi connectivity index (χ1v) is 10.1. The van der Waals surface area contributed by atoms with Crippen molar-refractivity contribution in [2.24, 2.45) is 0 Å². The number of anilines is 3. The van der Waals surface area contributed by atoms with Crippen LogP contribution < -0.4 is 20.4 Å². The van der Waals surface area contributed by atoms with Crippen LogP contribution in [0.5, 0.6) is 0 Å². The van der Waals surface area contributed by atoms with Crippen molar-refractivity contribution in [2.45, 2.75) is 32.2 Å². The number of carbonyl (C=O) groups is 2. The van der Waals surface area contributed by atoms with Crippen LogP contribution in [0, 0.1) is 5.82 Å². The van der Waals surface area contributed by atoms with E-state index in [1.165, 1.54) is 41.5 Å². The van der Waals surface area contributed by atoms with Crippen LogP contribution in [0.4, 0.5) is 26.2 Å². The Bertz CT molecular complexity index is 911. The van der Waals surface area contributed by atoms with Gasteiger partial charge in [-0.1, -0.05) is 18.2 Å². The SMILES string of the molecule is O=C1CCN(c2cc(NCc3ccccc3N3CCCCC3)ccc2F)C(=O)N1. The Labute approximate surface area is 169 Å². The van der Waals surface area contributed by atoms with E-state index in [0.717, 1.165) is 18.8 Å². The van der Waals surface area contributed by atoms with Gasteiger partial charge in [-0.05, 0) is 49.1 Å². The number of carbonyl (C=O) groups excluding carboxylic acids is 2. The molecule has 2 aliphatic rings. The molecule has 0 spiro atoms. The number of rotatable bonds is 5. The number of benzene rings is 2. The molecule has 2 N–H and O–H groups in total. The zero-order valence-electron chi connectivity index (χ0n) is 16.3. The molecule has 2 aromatic carbocycles. The van der Waals surface area contributed by atoms with Gasteiger partial charge in [-0.3, -0.25) is 15.0 Å². The Kier molecular flexibility index (Phi) is 5.64. The second-order valence-corrected chi connectivity index (χ2v) is 7.45. The first-order valence-electron chi connectivity index (χ1n) is 10.1. The third kappa shape index (κ3) is 4.34. The van der Waals surface area contributed by atoms with Crippen LogP contribution in [0.2, 0.25) is 0 Å². The van der Waals surface area contributed by atoms with Crippen molar-refractivity contribution >= 4 is 29.0 Å². The molecule has 0 saturated carbocycles. The van der Waals surface area contributed by atoms with Crippen LogP contribution in [0.25, 0.3) is 0 Å². The summed E-state index contributed by atoms with van der Waals surface area (Å²) in [7, 11) is 0. The molecule has 2 aromatic rings. The number of hydrogen-bond acceptors (Lipinski definition) is 4. The van der Waals surface area contributed by atoms with Gasteiger partial charge in [0.2, 0.25) is 5.91 Å². The van der Waals surface area contributed by atoms with E-state index in [1.54, 1.807) is 12.1 Å². The standard InChI is InChI=1S/C22H25FN4O2/c23-18-9-8-17(14-20(18)27-13-10-21(28)25-22(27)29)24-15-16-6-2-3-7-19(16)26-11-4-1-5-12-26/h2-3,6-9,14,24H,1,4-5,10-13,15H2,(H,25,28,29). The van der Waals surface area contributed by atoms with Crippen LogP contribution in [0.1, 0.15) is 31.2 Å². The highest BCUT2D eigenvalue weighted by atomic mass is 19.1. The summed E-state index contributed by atoms with van der Waals surface area (Å²) in [5.74, 6) is -0.830. The molecule has 3 amide bonds. The summed E-state index contributed by atoms with van der Waals surface area (Å²) in [4.78, 5) is 27.1. The molecule has 0 bridgehead atoms. The minimum atomic E-state index is -0.590. The van der Waals surface area contributed by atoms with Gasteiger partial charge in [0, 0.05) is 44.0 Å². The minimum absolute atomic E-state index is 0.159. The molecule has 0 radical (unpaired) electrons. The Morgan fingerprint density at radius 2 is 1.76 bits per heavy atom. The highest BCUT2D eigenvalue weighted by molar-refractivity contribution is 6.05. The Balaban J connectivity index is 1.50. The summed E-state index contributed by atoms with van der Waals surface area (Å²) in [6.45, 7) is 2.91. The topological polar surface area (TPSA) is 64.7 Å². The first kappa shape index (κ1) is 19.2. The molecule has 0 unspecified atom stereocenters. The van der Waals surface area contributed by atoms with Crippen LogP contribution in [-0.2, 0) is 11.3 Å². The van der Waals surface area contributed by atoms with Crippen molar-refractivity contribution < 1.29 is 14.0 Å². The quantitative estimate of drug-likeness (QED) is 0.805. The van der Waals surface area contributed by atoms with Crippen molar-refractivity contribution in [3.05, 3.63) is 53.8 Å². The number of halogens is 1. The van der Waals surface area contributed by atoms with Gasteiger partial charge < -0.3 is 10.2 Å². The Morgan fingerprint density at radius 1 is 0.966 bits per heavy atom. The van der Waals surface area contributed by atoms with E-state index in [2.05, 4.69) is 33.7 Å². The van der Waals surface area contributed by atoms with E-state index in [9.17, 15) is 14.0 Å². The number of para-hydroxylation sites is 1. The van der Waals surface area contributed by atoms with E-state index < -0.39 is 11.8 Å². The van der Waals surface area contributed by atoms with Gasteiger partial charge in [0.05, 0.1) is 5.69 Å². The fourth-order valence-corrected chi connectivity index (χ4v) is 3.92.